The lowest BCUT2D eigenvalue weighted by Gasteiger charge is -2.47. The van der Waals surface area contributed by atoms with Gasteiger partial charge >= 0.3 is 0 Å². The van der Waals surface area contributed by atoms with Gasteiger partial charge in [0, 0.05) is 43.5 Å². The number of amides is 1. The highest BCUT2D eigenvalue weighted by Gasteiger charge is 2.44. The van der Waals surface area contributed by atoms with Gasteiger partial charge in [0.1, 0.15) is 17.1 Å². The van der Waals surface area contributed by atoms with Crippen molar-refractivity contribution in [3.63, 3.8) is 0 Å². The summed E-state index contributed by atoms with van der Waals surface area (Å²) in [5.41, 5.74) is 2.55. The van der Waals surface area contributed by atoms with E-state index in [0.29, 0.717) is 18.7 Å². The van der Waals surface area contributed by atoms with Gasteiger partial charge in [-0.2, -0.15) is 0 Å². The number of piperidine rings is 1. The Labute approximate surface area is 191 Å². The molecule has 1 amide bonds. The van der Waals surface area contributed by atoms with Gasteiger partial charge in [-0.1, -0.05) is 18.2 Å². The largest absolute Gasteiger partial charge is 0.491 e. The van der Waals surface area contributed by atoms with E-state index in [1.807, 2.05) is 62.1 Å². The van der Waals surface area contributed by atoms with Crippen LogP contribution in [0.5, 0.6) is 11.5 Å². The molecule has 0 aliphatic carbocycles. The molecular weight excluding hydrogens is 402 g/mol. The van der Waals surface area contributed by atoms with Gasteiger partial charge < -0.3 is 19.1 Å². The Bertz CT molecular complexity index is 960. The Balaban J connectivity index is 1.45. The van der Waals surface area contributed by atoms with Crippen LogP contribution < -0.4 is 9.47 Å². The zero-order valence-corrected chi connectivity index (χ0v) is 19.9. The molecule has 172 valence electrons. The van der Waals surface area contributed by atoms with Crippen LogP contribution in [-0.4, -0.2) is 41.7 Å². The van der Waals surface area contributed by atoms with Crippen LogP contribution in [0.15, 0.2) is 42.5 Å². The third-order valence-electron chi connectivity index (χ3n) is 6.33. The second-order valence-corrected chi connectivity index (χ2v) is 9.64. The fraction of sp³-hybridized carbons (Fsp3) is 0.519. The summed E-state index contributed by atoms with van der Waals surface area (Å²) in [6.45, 7) is 11.5. The summed E-state index contributed by atoms with van der Waals surface area (Å²) in [4.78, 5) is 15.1. The molecule has 0 bridgehead atoms. The summed E-state index contributed by atoms with van der Waals surface area (Å²) >= 11 is 0. The Kier molecular flexibility index (Phi) is 6.47. The van der Waals surface area contributed by atoms with Crippen LogP contribution in [0.1, 0.15) is 74.5 Å². The van der Waals surface area contributed by atoms with Gasteiger partial charge in [0.25, 0.3) is 5.91 Å². The molecule has 2 aliphatic rings. The number of benzene rings is 2. The van der Waals surface area contributed by atoms with Crippen LogP contribution in [0, 0.1) is 6.92 Å². The first-order valence-corrected chi connectivity index (χ1v) is 11.8. The second kappa shape index (κ2) is 9.14. The molecule has 1 fully saturated rings. The van der Waals surface area contributed by atoms with Crippen LogP contribution in [0.25, 0.3) is 0 Å². The number of nitrogens with zero attached hydrogens (tertiary/aromatic N) is 1. The fourth-order valence-electron chi connectivity index (χ4n) is 4.79. The summed E-state index contributed by atoms with van der Waals surface area (Å²) in [6.07, 6.45) is 2.72. The lowest BCUT2D eigenvalue weighted by Crippen LogP contribution is -2.52. The van der Waals surface area contributed by atoms with Crippen molar-refractivity contribution in [2.75, 3.05) is 13.1 Å². The van der Waals surface area contributed by atoms with Crippen LogP contribution in [0.3, 0.4) is 0 Å². The predicted octanol–water partition coefficient (Wildman–Crippen LogP) is 5.71. The Morgan fingerprint density at radius 3 is 2.44 bits per heavy atom. The van der Waals surface area contributed by atoms with Crippen LogP contribution in [-0.2, 0) is 4.74 Å². The molecule has 2 aromatic rings. The first-order valence-electron chi connectivity index (χ1n) is 11.8. The van der Waals surface area contributed by atoms with Gasteiger partial charge in [-0.3, -0.25) is 4.79 Å². The van der Waals surface area contributed by atoms with Crippen molar-refractivity contribution in [3.05, 3.63) is 59.2 Å². The highest BCUT2D eigenvalue weighted by Crippen LogP contribution is 2.46. The molecule has 1 unspecified atom stereocenters. The highest BCUT2D eigenvalue weighted by atomic mass is 16.5. The molecule has 0 saturated carbocycles. The minimum absolute atomic E-state index is 0.0263. The maximum Gasteiger partial charge on any atom is 0.253 e. The van der Waals surface area contributed by atoms with Crippen molar-refractivity contribution < 1.29 is 19.0 Å². The maximum atomic E-state index is 13.2. The molecule has 2 aromatic carbocycles. The van der Waals surface area contributed by atoms with E-state index in [9.17, 15) is 4.79 Å². The van der Waals surface area contributed by atoms with E-state index in [1.54, 1.807) is 0 Å². The Morgan fingerprint density at radius 2 is 1.78 bits per heavy atom. The molecule has 0 N–H and O–H groups in total. The Morgan fingerprint density at radius 1 is 1.06 bits per heavy atom. The number of ether oxygens (including phenoxy) is 3. The van der Waals surface area contributed by atoms with Crippen molar-refractivity contribution >= 4 is 5.91 Å². The molecule has 2 heterocycles. The molecule has 2 aliphatic heterocycles. The zero-order valence-electron chi connectivity index (χ0n) is 19.9. The Hall–Kier alpha value is -2.53. The molecule has 0 aromatic heterocycles. The number of aryl methyl sites for hydroxylation is 1. The maximum absolute atomic E-state index is 13.2. The molecule has 1 atom stereocenters. The average Bonchev–Trinajstić information content (AvgIpc) is 2.74. The summed E-state index contributed by atoms with van der Waals surface area (Å²) < 4.78 is 18.6. The minimum atomic E-state index is -0.282. The number of hydrogen-bond acceptors (Lipinski definition) is 4. The number of rotatable bonds is 5. The molecule has 5 heteroatoms. The quantitative estimate of drug-likeness (QED) is 0.601. The van der Waals surface area contributed by atoms with Gasteiger partial charge in [0.2, 0.25) is 0 Å². The molecular formula is C27H35NO4. The smallest absolute Gasteiger partial charge is 0.253 e. The topological polar surface area (TPSA) is 48.0 Å². The van der Waals surface area contributed by atoms with E-state index >= 15 is 0 Å². The lowest BCUT2D eigenvalue weighted by atomic mass is 9.81. The van der Waals surface area contributed by atoms with Crippen molar-refractivity contribution in [2.45, 2.75) is 77.8 Å². The molecule has 32 heavy (non-hydrogen) atoms. The molecule has 4 rings (SSSR count). The monoisotopic (exact) mass is 437 g/mol. The number of hydrogen-bond donors (Lipinski definition) is 0. The van der Waals surface area contributed by atoms with E-state index in [2.05, 4.69) is 19.9 Å². The van der Waals surface area contributed by atoms with Crippen molar-refractivity contribution in [2.24, 2.45) is 0 Å². The van der Waals surface area contributed by atoms with Gasteiger partial charge in [-0.25, -0.2) is 0 Å². The van der Waals surface area contributed by atoms with Crippen molar-refractivity contribution in [1.29, 1.82) is 0 Å². The van der Waals surface area contributed by atoms with Gasteiger partial charge in [-0.15, -0.1) is 0 Å². The number of carbonyl (C=O) groups is 1. The third-order valence-corrected chi connectivity index (χ3v) is 6.33. The van der Waals surface area contributed by atoms with E-state index in [-0.39, 0.29) is 29.8 Å². The van der Waals surface area contributed by atoms with Crippen LogP contribution in [0.4, 0.5) is 0 Å². The van der Waals surface area contributed by atoms with Crippen LogP contribution in [0.2, 0.25) is 0 Å². The van der Waals surface area contributed by atoms with E-state index in [4.69, 9.17) is 14.2 Å². The van der Waals surface area contributed by atoms with Crippen molar-refractivity contribution in [1.82, 2.24) is 4.90 Å². The first-order chi connectivity index (χ1) is 15.3. The molecule has 1 saturated heterocycles. The zero-order chi connectivity index (χ0) is 22.9. The second-order valence-electron chi connectivity index (χ2n) is 9.64. The van der Waals surface area contributed by atoms with Gasteiger partial charge in [-0.05, 0) is 64.4 Å². The fourth-order valence-corrected chi connectivity index (χ4v) is 4.79. The SMILES string of the molecule is Cc1cc(C(=O)N2CCC3(CC2)CC(OC(C)C)c2ccccc2O3)ccc1OC(C)C. The van der Waals surface area contributed by atoms with Crippen molar-refractivity contribution in [3.8, 4) is 11.5 Å². The predicted molar refractivity (Wildman–Crippen MR) is 125 cm³/mol. The van der Waals surface area contributed by atoms with Gasteiger partial charge in [0.05, 0.1) is 18.3 Å². The molecule has 0 radical (unpaired) electrons. The number of fused-ring (bicyclic) bond motifs is 1. The summed E-state index contributed by atoms with van der Waals surface area (Å²) in [5, 5.41) is 0. The van der Waals surface area contributed by atoms with Gasteiger partial charge in [0.15, 0.2) is 0 Å². The summed E-state index contributed by atoms with van der Waals surface area (Å²) in [6, 6.07) is 13.9. The first kappa shape index (κ1) is 22.7. The standard InChI is InChI=1S/C27H35NO4/c1-18(2)30-23-11-10-21(16-20(23)5)26(29)28-14-12-27(13-15-28)17-25(31-19(3)4)22-8-6-7-9-24(22)32-27/h6-11,16,18-19,25H,12-15,17H2,1-5H3. The average molecular weight is 438 g/mol. The van der Waals surface area contributed by atoms with E-state index in [1.165, 1.54) is 0 Å². The number of para-hydroxylation sites is 1. The summed E-state index contributed by atoms with van der Waals surface area (Å²) in [5.74, 6) is 1.82. The van der Waals surface area contributed by atoms with Crippen LogP contribution >= 0.6 is 0 Å². The molecule has 1 spiro atoms. The van der Waals surface area contributed by atoms with E-state index < -0.39 is 0 Å². The number of carbonyl (C=O) groups excluding carboxylic acids is 1. The normalized spacial score (nSPS) is 19.7. The highest BCUT2D eigenvalue weighted by molar-refractivity contribution is 5.94. The minimum Gasteiger partial charge on any atom is -0.491 e. The lowest BCUT2D eigenvalue weighted by molar-refractivity contribution is -0.0872. The summed E-state index contributed by atoms with van der Waals surface area (Å²) in [7, 11) is 0. The number of likely N-dealkylation sites (tertiary alicyclic amines) is 1. The third kappa shape index (κ3) is 4.78. The van der Waals surface area contributed by atoms with E-state index in [0.717, 1.165) is 41.9 Å². The molecule has 5 nitrogen and oxygen atoms in total.